The molecule has 3 aliphatic carbocycles. The van der Waals surface area contributed by atoms with Crippen molar-refractivity contribution in [3.63, 3.8) is 0 Å². The Hall–Kier alpha value is -3.39. The summed E-state index contributed by atoms with van der Waals surface area (Å²) in [4.78, 5) is 25.4. The number of H-pyrrole nitrogens is 1. The molecule has 3 fully saturated rings. The second-order valence-corrected chi connectivity index (χ2v) is 10.5. The molecule has 2 aromatic carbocycles. The van der Waals surface area contributed by atoms with Gasteiger partial charge in [-0.05, 0) is 70.2 Å². The summed E-state index contributed by atoms with van der Waals surface area (Å²) >= 11 is 0. The lowest BCUT2D eigenvalue weighted by molar-refractivity contribution is -0.142. The van der Waals surface area contributed by atoms with Crippen molar-refractivity contribution in [2.45, 2.75) is 64.0 Å². The highest BCUT2D eigenvalue weighted by atomic mass is 16.5. The van der Waals surface area contributed by atoms with Crippen LogP contribution in [-0.2, 0) is 9.59 Å². The number of benzene rings is 2. The number of carbonyl (C=O) groups is 2. The number of nitrogens with zero attached hydrogens (tertiary/aromatic N) is 1. The van der Waals surface area contributed by atoms with Crippen LogP contribution in [0, 0.1) is 19.3 Å². The summed E-state index contributed by atoms with van der Waals surface area (Å²) in [7, 11) is 0. The molecule has 1 amide bonds. The van der Waals surface area contributed by atoms with Crippen LogP contribution < -0.4 is 14.8 Å². The first-order chi connectivity index (χ1) is 17.3. The number of hydrogen-bond acceptors (Lipinski definition) is 6. The maximum atomic E-state index is 12.8. The van der Waals surface area contributed by atoms with Crippen molar-refractivity contribution in [1.29, 1.82) is 0 Å². The van der Waals surface area contributed by atoms with Crippen LogP contribution in [0.1, 0.15) is 49.8 Å². The van der Waals surface area contributed by atoms with E-state index >= 15 is 0 Å². The van der Waals surface area contributed by atoms with Gasteiger partial charge in [-0.15, -0.1) is 0 Å². The number of hydrogen-bond donors (Lipinski definition) is 3. The minimum atomic E-state index is -0.648. The molecule has 3 N–H and O–H groups in total. The Morgan fingerprint density at radius 3 is 2.44 bits per heavy atom. The number of aliphatic hydroxyl groups is 1. The summed E-state index contributed by atoms with van der Waals surface area (Å²) < 4.78 is 11.4. The molecule has 0 unspecified atom stereocenters. The number of nitrogens with one attached hydrogen (secondary N) is 2. The summed E-state index contributed by atoms with van der Waals surface area (Å²) in [5.74, 6) is 1.03. The Morgan fingerprint density at radius 2 is 1.72 bits per heavy atom. The molecule has 1 aromatic heterocycles. The van der Waals surface area contributed by atoms with Gasteiger partial charge < -0.3 is 19.9 Å². The molecule has 3 aliphatic rings. The smallest absolute Gasteiger partial charge is 0.258 e. The minimum absolute atomic E-state index is 0.0303. The van der Waals surface area contributed by atoms with Crippen LogP contribution in [0.25, 0.3) is 10.9 Å². The third-order valence-corrected chi connectivity index (χ3v) is 7.96. The van der Waals surface area contributed by atoms with Gasteiger partial charge in [-0.3, -0.25) is 14.7 Å². The van der Waals surface area contributed by atoms with Crippen molar-refractivity contribution < 1.29 is 24.2 Å². The van der Waals surface area contributed by atoms with E-state index in [-0.39, 0.29) is 31.3 Å². The highest BCUT2D eigenvalue weighted by Crippen LogP contribution is 2.54. The Kier molecular flexibility index (Phi) is 6.47. The van der Waals surface area contributed by atoms with E-state index in [0.29, 0.717) is 30.8 Å². The highest BCUT2D eigenvalue weighted by molar-refractivity contribution is 5.83. The molecule has 1 atom stereocenters. The fourth-order valence-corrected chi connectivity index (χ4v) is 5.76. The zero-order valence-corrected chi connectivity index (χ0v) is 20.8. The van der Waals surface area contributed by atoms with Gasteiger partial charge in [-0.1, -0.05) is 17.7 Å². The molecule has 0 radical (unpaired) electrons. The average molecular weight is 492 g/mol. The lowest BCUT2D eigenvalue weighted by Crippen LogP contribution is -2.62. The summed E-state index contributed by atoms with van der Waals surface area (Å²) in [6.07, 6.45) is 2.94. The standard InChI is InChI=1S/C28H33N3O5/c1-18-3-5-21(6-4-18)36-17-26(34)29-28-11-9-27(10-12-28,25(33)15-28)14-20(32)16-35-22-7-8-23-19(2)30-31-24(23)13-22/h3-8,13,25,33H,9-12,14-17H2,1-2H3,(H,29,34)(H,30,31)/t25-,27?,28?/m0/s1. The number of aromatic amines is 1. The molecule has 0 spiro atoms. The third-order valence-electron chi connectivity index (χ3n) is 7.96. The number of amides is 1. The van der Waals surface area contributed by atoms with Gasteiger partial charge in [0.1, 0.15) is 18.1 Å². The van der Waals surface area contributed by atoms with E-state index in [1.54, 1.807) is 0 Å². The summed E-state index contributed by atoms with van der Waals surface area (Å²) in [6, 6.07) is 13.2. The first kappa shape index (κ1) is 24.3. The normalized spacial score (nSPS) is 25.0. The van der Waals surface area contributed by atoms with Crippen LogP contribution >= 0.6 is 0 Å². The molecule has 2 bridgehead atoms. The Balaban J connectivity index is 1.12. The Bertz CT molecular complexity index is 1260. The number of carbonyl (C=O) groups excluding carboxylic acids is 2. The van der Waals surface area contributed by atoms with Crippen LogP contribution in [0.15, 0.2) is 42.5 Å². The summed E-state index contributed by atoms with van der Waals surface area (Å²) in [5, 5.41) is 22.4. The van der Waals surface area contributed by atoms with Crippen LogP contribution in [0.3, 0.4) is 0 Å². The SMILES string of the molecule is Cc1ccc(OCC(=O)NC23CCC(CC(=O)COc4ccc5c(C)[nH]nc5c4)(CC2)[C@@H](O)C3)cc1. The van der Waals surface area contributed by atoms with Crippen molar-refractivity contribution in [2.24, 2.45) is 5.41 Å². The first-order valence-corrected chi connectivity index (χ1v) is 12.5. The third kappa shape index (κ3) is 4.95. The van der Waals surface area contributed by atoms with Crippen LogP contribution in [0.4, 0.5) is 0 Å². The van der Waals surface area contributed by atoms with E-state index in [2.05, 4.69) is 15.5 Å². The number of aliphatic hydroxyl groups excluding tert-OH is 1. The predicted molar refractivity (Wildman–Crippen MR) is 135 cm³/mol. The second-order valence-electron chi connectivity index (χ2n) is 10.5. The maximum absolute atomic E-state index is 12.8. The number of aromatic nitrogens is 2. The molecule has 8 nitrogen and oxygen atoms in total. The largest absolute Gasteiger partial charge is 0.486 e. The molecular formula is C28H33N3O5. The number of Topliss-reactive ketones (excluding diaryl/α,β-unsaturated/α-hetero) is 1. The first-order valence-electron chi connectivity index (χ1n) is 12.5. The fraction of sp³-hybridized carbons (Fsp3) is 0.464. The Morgan fingerprint density at radius 1 is 1.03 bits per heavy atom. The van der Waals surface area contributed by atoms with E-state index in [9.17, 15) is 14.7 Å². The van der Waals surface area contributed by atoms with Gasteiger partial charge in [-0.25, -0.2) is 0 Å². The van der Waals surface area contributed by atoms with Crippen molar-refractivity contribution in [2.75, 3.05) is 13.2 Å². The summed E-state index contributed by atoms with van der Waals surface area (Å²) in [5.41, 5.74) is 2.03. The molecule has 190 valence electrons. The van der Waals surface area contributed by atoms with Gasteiger partial charge >= 0.3 is 0 Å². The predicted octanol–water partition coefficient (Wildman–Crippen LogP) is 3.78. The van der Waals surface area contributed by atoms with Crippen LogP contribution in [-0.4, -0.2) is 51.9 Å². The van der Waals surface area contributed by atoms with Gasteiger partial charge in [0.2, 0.25) is 0 Å². The molecule has 0 aliphatic heterocycles. The van der Waals surface area contributed by atoms with Crippen molar-refractivity contribution in [1.82, 2.24) is 15.5 Å². The Labute approximate surface area is 210 Å². The average Bonchev–Trinajstić information content (AvgIpc) is 3.23. The lowest BCUT2D eigenvalue weighted by Gasteiger charge is -2.56. The number of ether oxygens (including phenoxy) is 2. The van der Waals surface area contributed by atoms with Gasteiger partial charge in [0.05, 0.1) is 11.6 Å². The highest BCUT2D eigenvalue weighted by Gasteiger charge is 2.55. The van der Waals surface area contributed by atoms with E-state index < -0.39 is 17.1 Å². The second kappa shape index (κ2) is 9.58. The van der Waals surface area contributed by atoms with Crippen molar-refractivity contribution in [3.8, 4) is 11.5 Å². The quantitative estimate of drug-likeness (QED) is 0.420. The molecule has 0 saturated heterocycles. The topological polar surface area (TPSA) is 114 Å². The van der Waals surface area contributed by atoms with Gasteiger partial charge in [0.15, 0.2) is 12.4 Å². The molecule has 8 heteroatoms. The van der Waals surface area contributed by atoms with Gasteiger partial charge in [0, 0.05) is 34.5 Å². The minimum Gasteiger partial charge on any atom is -0.486 e. The lowest BCUT2D eigenvalue weighted by atomic mass is 9.54. The fourth-order valence-electron chi connectivity index (χ4n) is 5.76. The molecule has 3 aromatic rings. The molecule has 6 rings (SSSR count). The molecule has 36 heavy (non-hydrogen) atoms. The summed E-state index contributed by atoms with van der Waals surface area (Å²) in [6.45, 7) is 3.85. The van der Waals surface area contributed by atoms with Gasteiger partial charge in [0.25, 0.3) is 5.91 Å². The number of ketones is 1. The van der Waals surface area contributed by atoms with Gasteiger partial charge in [-0.2, -0.15) is 5.10 Å². The van der Waals surface area contributed by atoms with E-state index in [4.69, 9.17) is 9.47 Å². The zero-order valence-electron chi connectivity index (χ0n) is 20.8. The zero-order chi connectivity index (χ0) is 25.3. The van der Waals surface area contributed by atoms with E-state index in [1.165, 1.54) is 0 Å². The number of rotatable bonds is 9. The van der Waals surface area contributed by atoms with E-state index in [1.807, 2.05) is 56.3 Å². The maximum Gasteiger partial charge on any atom is 0.258 e. The van der Waals surface area contributed by atoms with Crippen molar-refractivity contribution >= 4 is 22.6 Å². The molecule has 3 saturated carbocycles. The molecule has 1 heterocycles. The van der Waals surface area contributed by atoms with Crippen molar-refractivity contribution in [3.05, 3.63) is 53.7 Å². The number of aryl methyl sites for hydroxylation is 2. The number of fused-ring (bicyclic) bond motifs is 4. The monoisotopic (exact) mass is 491 g/mol. The van der Waals surface area contributed by atoms with Crippen LogP contribution in [0.5, 0.6) is 11.5 Å². The van der Waals surface area contributed by atoms with E-state index in [0.717, 1.165) is 35.0 Å². The van der Waals surface area contributed by atoms with Crippen LogP contribution in [0.2, 0.25) is 0 Å². The molecular weight excluding hydrogens is 458 g/mol.